The molecule has 8 nitrogen and oxygen atoms in total. The van der Waals surface area contributed by atoms with Gasteiger partial charge in [-0.25, -0.2) is 9.35 Å². The van der Waals surface area contributed by atoms with E-state index in [4.69, 9.17) is 11.7 Å². The highest BCUT2D eigenvalue weighted by Gasteiger charge is 2.16. The molecule has 10 heteroatoms. The highest BCUT2D eigenvalue weighted by atomic mass is 32.2. The molecule has 0 radical (unpaired) electrons. The van der Waals surface area contributed by atoms with Gasteiger partial charge in [-0.05, 0) is 32.7 Å². The van der Waals surface area contributed by atoms with Crippen LogP contribution in [0.25, 0.3) is 21.5 Å². The Labute approximate surface area is 180 Å². The molecule has 0 unspecified atom stereocenters. The van der Waals surface area contributed by atoms with Crippen LogP contribution >= 0.6 is 23.5 Å². The van der Waals surface area contributed by atoms with Crippen molar-refractivity contribution < 1.29 is 0 Å². The molecule has 30 heavy (non-hydrogen) atoms. The van der Waals surface area contributed by atoms with Crippen LogP contribution < -0.4 is 11.7 Å². The molecule has 0 atom stereocenters. The maximum absolute atomic E-state index is 5.90. The van der Waals surface area contributed by atoms with Gasteiger partial charge in [0, 0.05) is 11.5 Å². The molecule has 0 aliphatic rings. The Balaban J connectivity index is 1.62. The van der Waals surface area contributed by atoms with E-state index in [0.717, 1.165) is 11.5 Å². The van der Waals surface area contributed by atoms with E-state index in [1.807, 2.05) is 0 Å². The minimum Gasteiger partial charge on any atom is -0.336 e. The number of nitrogen functional groups attached to an aromatic ring is 2. The number of rotatable bonds is 6. The highest BCUT2D eigenvalue weighted by molar-refractivity contribution is 7.98. The molecule has 150 valence electrons. The largest absolute Gasteiger partial charge is 0.336 e. The zero-order valence-corrected chi connectivity index (χ0v) is 17.5. The summed E-state index contributed by atoms with van der Waals surface area (Å²) in [5.74, 6) is 13.3. The molecule has 5 aromatic rings. The van der Waals surface area contributed by atoms with Gasteiger partial charge in [-0.15, -0.1) is 20.4 Å². The van der Waals surface area contributed by atoms with E-state index < -0.39 is 0 Å². The summed E-state index contributed by atoms with van der Waals surface area (Å²) in [6, 6.07) is 17.0. The van der Waals surface area contributed by atoms with Gasteiger partial charge >= 0.3 is 0 Å². The summed E-state index contributed by atoms with van der Waals surface area (Å²) in [4.78, 5) is 0. The maximum Gasteiger partial charge on any atom is 0.209 e. The van der Waals surface area contributed by atoms with Crippen LogP contribution in [-0.4, -0.2) is 29.7 Å². The van der Waals surface area contributed by atoms with Crippen LogP contribution in [-0.2, 0) is 11.5 Å². The predicted octanol–water partition coefficient (Wildman–Crippen LogP) is 3.19. The van der Waals surface area contributed by atoms with Gasteiger partial charge in [0.05, 0.1) is 0 Å². The second kappa shape index (κ2) is 7.88. The van der Waals surface area contributed by atoms with Crippen LogP contribution in [0.1, 0.15) is 11.1 Å². The van der Waals surface area contributed by atoms with Gasteiger partial charge in [0.1, 0.15) is 12.7 Å². The number of thioether (sulfide) groups is 2. The molecular weight excluding hydrogens is 416 g/mol. The van der Waals surface area contributed by atoms with E-state index >= 15 is 0 Å². The molecule has 2 heterocycles. The topological polar surface area (TPSA) is 113 Å². The summed E-state index contributed by atoms with van der Waals surface area (Å²) in [5.41, 5.74) is 2.51. The van der Waals surface area contributed by atoms with Crippen LogP contribution in [0.3, 0.4) is 0 Å². The molecule has 0 spiro atoms. The molecule has 0 aliphatic carbocycles. The van der Waals surface area contributed by atoms with Crippen LogP contribution in [0.4, 0.5) is 0 Å². The summed E-state index contributed by atoms with van der Waals surface area (Å²) in [6.07, 6.45) is 3.02. The van der Waals surface area contributed by atoms with Gasteiger partial charge < -0.3 is 11.7 Å². The fourth-order valence-electron chi connectivity index (χ4n) is 3.56. The molecule has 0 amide bonds. The molecular formula is C20H18N8S2. The average molecular weight is 435 g/mol. The van der Waals surface area contributed by atoms with Gasteiger partial charge in [0.15, 0.2) is 0 Å². The average Bonchev–Trinajstić information content (AvgIpc) is 3.38. The van der Waals surface area contributed by atoms with Gasteiger partial charge in [-0.2, -0.15) is 0 Å². The van der Waals surface area contributed by atoms with Gasteiger partial charge in [-0.3, -0.25) is 0 Å². The Bertz CT molecular complexity index is 1180. The smallest absolute Gasteiger partial charge is 0.209 e. The van der Waals surface area contributed by atoms with Gasteiger partial charge in [-0.1, -0.05) is 72.1 Å². The summed E-state index contributed by atoms with van der Waals surface area (Å²) in [7, 11) is 0. The number of fused-ring (bicyclic) bond motifs is 2. The van der Waals surface area contributed by atoms with Crippen molar-refractivity contribution in [2.45, 2.75) is 21.8 Å². The van der Waals surface area contributed by atoms with Crippen molar-refractivity contribution in [3.05, 3.63) is 72.3 Å². The zero-order valence-electron chi connectivity index (χ0n) is 15.8. The molecule has 0 fully saturated rings. The summed E-state index contributed by atoms with van der Waals surface area (Å²) >= 11 is 3.15. The number of nitrogens with two attached hydrogens (primary N) is 2. The molecule has 0 aliphatic heterocycles. The lowest BCUT2D eigenvalue weighted by Gasteiger charge is -2.16. The highest BCUT2D eigenvalue weighted by Crippen LogP contribution is 2.38. The maximum atomic E-state index is 5.90. The summed E-state index contributed by atoms with van der Waals surface area (Å²) < 4.78 is 2.89. The third kappa shape index (κ3) is 3.33. The summed E-state index contributed by atoms with van der Waals surface area (Å²) in [5, 5.41) is 22.2. The molecule has 0 saturated carbocycles. The standard InChI is InChI=1S/C20H18N8S2/c21-27-11-23-25-19(27)29-9-17-13-5-1-2-6-14(13)18(16-8-4-3-7-15(16)17)10-30-20-26-24-12-28(20)22/h1-8,11-12H,9-10,21-22H2. The van der Waals surface area contributed by atoms with E-state index in [0.29, 0.717) is 10.3 Å². The Morgan fingerprint density at radius 2 is 1.00 bits per heavy atom. The van der Waals surface area contributed by atoms with Gasteiger partial charge in [0.2, 0.25) is 10.3 Å². The van der Waals surface area contributed by atoms with Crippen molar-refractivity contribution in [2.24, 2.45) is 0 Å². The first-order chi connectivity index (χ1) is 14.7. The van der Waals surface area contributed by atoms with E-state index in [1.54, 1.807) is 23.5 Å². The van der Waals surface area contributed by atoms with E-state index in [2.05, 4.69) is 68.9 Å². The fraction of sp³-hybridized carbons (Fsp3) is 0.100. The quantitative estimate of drug-likeness (QED) is 0.238. The second-order valence-corrected chi connectivity index (χ2v) is 8.55. The fourth-order valence-corrected chi connectivity index (χ4v) is 5.34. The molecule has 5 rings (SSSR count). The third-order valence-electron chi connectivity index (χ3n) is 4.93. The van der Waals surface area contributed by atoms with Crippen LogP contribution in [0, 0.1) is 0 Å². The van der Waals surface area contributed by atoms with E-state index in [-0.39, 0.29) is 0 Å². The molecule has 2 aromatic heterocycles. The van der Waals surface area contributed by atoms with E-state index in [9.17, 15) is 0 Å². The van der Waals surface area contributed by atoms with Crippen molar-refractivity contribution in [3.8, 4) is 0 Å². The van der Waals surface area contributed by atoms with Crippen LogP contribution in [0.2, 0.25) is 0 Å². The first kappa shape index (κ1) is 18.8. The Morgan fingerprint density at radius 3 is 1.30 bits per heavy atom. The van der Waals surface area contributed by atoms with Crippen LogP contribution in [0.5, 0.6) is 0 Å². The van der Waals surface area contributed by atoms with Crippen LogP contribution in [0.15, 0.2) is 71.5 Å². The van der Waals surface area contributed by atoms with E-state index in [1.165, 1.54) is 54.7 Å². The number of hydrogen-bond acceptors (Lipinski definition) is 8. The first-order valence-corrected chi connectivity index (χ1v) is 11.2. The normalized spacial score (nSPS) is 11.5. The number of benzene rings is 3. The zero-order chi connectivity index (χ0) is 20.5. The number of hydrogen-bond donors (Lipinski definition) is 2. The molecule has 4 N–H and O–H groups in total. The Hall–Kier alpha value is -3.24. The SMILES string of the molecule is Nn1cnnc1SCc1c2ccccc2c(CSc2nncn2N)c2ccccc12. The Kier molecular flexibility index (Phi) is 4.93. The number of nitrogens with zero attached hydrogens (tertiary/aromatic N) is 6. The van der Waals surface area contributed by atoms with Crippen molar-refractivity contribution in [2.75, 3.05) is 11.7 Å². The minimum atomic E-state index is 0.685. The van der Waals surface area contributed by atoms with Gasteiger partial charge in [0.25, 0.3) is 0 Å². The van der Waals surface area contributed by atoms with Crippen molar-refractivity contribution in [1.29, 1.82) is 0 Å². The molecule has 0 bridgehead atoms. The first-order valence-electron chi connectivity index (χ1n) is 9.19. The lowest BCUT2D eigenvalue weighted by molar-refractivity contribution is 0.846. The second-order valence-electron chi connectivity index (χ2n) is 6.67. The summed E-state index contributed by atoms with van der Waals surface area (Å²) in [6.45, 7) is 0. The van der Waals surface area contributed by atoms with Crippen molar-refractivity contribution in [3.63, 3.8) is 0 Å². The predicted molar refractivity (Wildman–Crippen MR) is 121 cm³/mol. The van der Waals surface area contributed by atoms with Crippen molar-refractivity contribution >= 4 is 45.1 Å². The lowest BCUT2D eigenvalue weighted by Crippen LogP contribution is -2.08. The monoisotopic (exact) mass is 434 g/mol. The minimum absolute atomic E-state index is 0.685. The Morgan fingerprint density at radius 1 is 0.633 bits per heavy atom. The lowest BCUT2D eigenvalue weighted by atomic mass is 9.93. The third-order valence-corrected chi connectivity index (χ3v) is 6.89. The molecule has 3 aromatic carbocycles. The van der Waals surface area contributed by atoms with Crippen molar-refractivity contribution in [1.82, 2.24) is 29.7 Å². The molecule has 0 saturated heterocycles. The number of aromatic nitrogens is 6.